The van der Waals surface area contributed by atoms with Gasteiger partial charge in [0.25, 0.3) is 0 Å². The molecule has 0 saturated carbocycles. The lowest BCUT2D eigenvalue weighted by Crippen LogP contribution is -2.55. The zero-order valence-corrected chi connectivity index (χ0v) is 10.0. The molecule has 3 unspecified atom stereocenters. The number of amides is 2. The number of carbonyl (C=O) groups excluding carboxylic acids is 2. The van der Waals surface area contributed by atoms with E-state index >= 15 is 0 Å². The molecule has 0 aliphatic carbocycles. The van der Waals surface area contributed by atoms with E-state index in [-0.39, 0.29) is 23.1 Å². The van der Waals surface area contributed by atoms with Gasteiger partial charge in [-0.1, -0.05) is 13.8 Å². The largest absolute Gasteiger partial charge is 0.296 e. The molecule has 0 aromatic heterocycles. The summed E-state index contributed by atoms with van der Waals surface area (Å²) in [6.45, 7) is 4.12. The Morgan fingerprint density at radius 2 is 2.13 bits per heavy atom. The first-order valence-corrected chi connectivity index (χ1v) is 6.56. The molecule has 0 bridgehead atoms. The lowest BCUT2D eigenvalue weighted by Gasteiger charge is -2.47. The van der Waals surface area contributed by atoms with Crippen LogP contribution in [0.5, 0.6) is 0 Å². The van der Waals surface area contributed by atoms with Gasteiger partial charge in [0.1, 0.15) is 0 Å². The van der Waals surface area contributed by atoms with Crippen molar-refractivity contribution in [2.75, 3.05) is 5.75 Å². The lowest BCUT2D eigenvalue weighted by molar-refractivity contribution is -0.143. The third kappa shape index (κ3) is 1.69. The van der Waals surface area contributed by atoms with Crippen molar-refractivity contribution in [3.8, 4) is 0 Å². The first kappa shape index (κ1) is 11.0. The maximum Gasteiger partial charge on any atom is 0.229 e. The van der Waals surface area contributed by atoms with Crippen LogP contribution in [0.3, 0.4) is 0 Å². The number of thioether (sulfide) groups is 1. The van der Waals surface area contributed by atoms with Gasteiger partial charge in [-0.2, -0.15) is 11.8 Å². The zero-order chi connectivity index (χ0) is 11.1. The van der Waals surface area contributed by atoms with Gasteiger partial charge in [-0.15, -0.1) is 0 Å². The Balaban J connectivity index is 2.30. The van der Waals surface area contributed by atoms with Gasteiger partial charge in [-0.05, 0) is 18.6 Å². The summed E-state index contributed by atoms with van der Waals surface area (Å²) < 4.78 is 0. The van der Waals surface area contributed by atoms with E-state index in [9.17, 15) is 9.59 Å². The Morgan fingerprint density at radius 1 is 1.40 bits per heavy atom. The number of carbonyl (C=O) groups is 2. The summed E-state index contributed by atoms with van der Waals surface area (Å²) in [5, 5.41) is 2.85. The van der Waals surface area contributed by atoms with Gasteiger partial charge in [-0.25, -0.2) is 0 Å². The normalized spacial score (nSPS) is 41.7. The van der Waals surface area contributed by atoms with Gasteiger partial charge in [0, 0.05) is 23.0 Å². The fraction of sp³-hybridized carbons (Fsp3) is 0.818. The van der Waals surface area contributed by atoms with Crippen molar-refractivity contribution in [2.45, 2.75) is 38.4 Å². The predicted molar refractivity (Wildman–Crippen MR) is 60.5 cm³/mol. The van der Waals surface area contributed by atoms with Gasteiger partial charge in [0.15, 0.2) is 0 Å². The molecule has 2 rings (SSSR count). The van der Waals surface area contributed by atoms with Crippen molar-refractivity contribution in [1.29, 1.82) is 0 Å². The van der Waals surface area contributed by atoms with E-state index in [1.165, 1.54) is 0 Å². The molecule has 2 aliphatic rings. The van der Waals surface area contributed by atoms with Gasteiger partial charge in [0.05, 0.1) is 0 Å². The number of hydrogen-bond acceptors (Lipinski definition) is 3. The molecule has 4 heteroatoms. The minimum absolute atomic E-state index is 0.0296. The molecule has 2 aliphatic heterocycles. The Labute approximate surface area is 94.4 Å². The number of nitrogens with one attached hydrogen (secondary N) is 1. The molecule has 3 atom stereocenters. The molecule has 15 heavy (non-hydrogen) atoms. The molecule has 1 spiro atoms. The quantitative estimate of drug-likeness (QED) is 0.639. The zero-order valence-electron chi connectivity index (χ0n) is 9.21. The number of piperidine rings is 1. The molecule has 0 aromatic carbocycles. The highest BCUT2D eigenvalue weighted by Crippen LogP contribution is 2.50. The first-order valence-electron chi connectivity index (χ1n) is 5.51. The van der Waals surface area contributed by atoms with Crippen LogP contribution < -0.4 is 5.32 Å². The maximum atomic E-state index is 11.7. The van der Waals surface area contributed by atoms with Crippen LogP contribution >= 0.6 is 11.8 Å². The highest BCUT2D eigenvalue weighted by molar-refractivity contribution is 7.99. The smallest absolute Gasteiger partial charge is 0.229 e. The fourth-order valence-corrected chi connectivity index (χ4v) is 4.24. The van der Waals surface area contributed by atoms with E-state index in [1.807, 2.05) is 18.7 Å². The topological polar surface area (TPSA) is 46.2 Å². The first-order chi connectivity index (χ1) is 7.06. The summed E-state index contributed by atoms with van der Waals surface area (Å²) in [5.74, 6) is 0.955. The Morgan fingerprint density at radius 3 is 2.80 bits per heavy atom. The SMILES string of the molecule is CC1SCCCC12CC(=O)NC(=O)C2C. The maximum absolute atomic E-state index is 11.7. The van der Waals surface area contributed by atoms with Gasteiger partial charge in [0.2, 0.25) is 11.8 Å². The van der Waals surface area contributed by atoms with Crippen molar-refractivity contribution in [3.63, 3.8) is 0 Å². The van der Waals surface area contributed by atoms with Crippen molar-refractivity contribution < 1.29 is 9.59 Å². The van der Waals surface area contributed by atoms with Crippen LogP contribution in [0.15, 0.2) is 0 Å². The molecule has 2 saturated heterocycles. The molecular weight excluding hydrogens is 210 g/mol. The van der Waals surface area contributed by atoms with Crippen LogP contribution in [0.4, 0.5) is 0 Å². The Hall–Kier alpha value is -0.510. The third-order valence-corrected chi connectivity index (χ3v) is 5.47. The molecule has 1 N–H and O–H groups in total. The second kappa shape index (κ2) is 3.81. The van der Waals surface area contributed by atoms with Crippen molar-refractivity contribution >= 4 is 23.6 Å². The summed E-state index contributed by atoms with van der Waals surface area (Å²) in [4.78, 5) is 23.2. The van der Waals surface area contributed by atoms with E-state index in [2.05, 4.69) is 12.2 Å². The van der Waals surface area contributed by atoms with Gasteiger partial charge in [-0.3, -0.25) is 14.9 Å². The number of rotatable bonds is 0. The van der Waals surface area contributed by atoms with Crippen LogP contribution in [-0.2, 0) is 9.59 Å². The van der Waals surface area contributed by atoms with Crippen LogP contribution in [0.25, 0.3) is 0 Å². The lowest BCUT2D eigenvalue weighted by atomic mass is 9.66. The van der Waals surface area contributed by atoms with E-state index in [4.69, 9.17) is 0 Å². The van der Waals surface area contributed by atoms with Crippen molar-refractivity contribution in [1.82, 2.24) is 5.32 Å². The predicted octanol–water partition coefficient (Wildman–Crippen LogP) is 1.57. The monoisotopic (exact) mass is 227 g/mol. The van der Waals surface area contributed by atoms with E-state index < -0.39 is 0 Å². The Kier molecular flexibility index (Phi) is 2.79. The summed E-state index contributed by atoms with van der Waals surface area (Å²) in [5.41, 5.74) is -0.0810. The van der Waals surface area contributed by atoms with Crippen LogP contribution in [-0.4, -0.2) is 22.8 Å². The molecule has 84 valence electrons. The van der Waals surface area contributed by atoms with Gasteiger partial charge < -0.3 is 0 Å². The summed E-state index contributed by atoms with van der Waals surface area (Å²) in [6, 6.07) is 0. The standard InChI is InChI=1S/C11H17NO2S/c1-7-10(14)12-9(13)6-11(7)4-3-5-15-8(11)2/h7-8H,3-6H2,1-2H3,(H,12,13,14). The number of imide groups is 1. The molecule has 2 amide bonds. The second-order valence-corrected chi connectivity index (χ2v) is 6.11. The summed E-state index contributed by atoms with van der Waals surface area (Å²) in [6.07, 6.45) is 2.66. The molecule has 2 heterocycles. The van der Waals surface area contributed by atoms with E-state index in [0.29, 0.717) is 11.7 Å². The summed E-state index contributed by atoms with van der Waals surface area (Å²) >= 11 is 1.90. The Bertz CT molecular complexity index is 305. The minimum Gasteiger partial charge on any atom is -0.296 e. The van der Waals surface area contributed by atoms with Crippen molar-refractivity contribution in [2.24, 2.45) is 11.3 Å². The van der Waals surface area contributed by atoms with E-state index in [0.717, 1.165) is 18.6 Å². The number of hydrogen-bond donors (Lipinski definition) is 1. The third-order valence-electron chi connectivity index (χ3n) is 3.97. The second-order valence-electron chi connectivity index (χ2n) is 4.66. The van der Waals surface area contributed by atoms with Crippen LogP contribution in [0.2, 0.25) is 0 Å². The fourth-order valence-electron chi connectivity index (χ4n) is 2.83. The molecule has 0 radical (unpaired) electrons. The molecule has 2 fully saturated rings. The molecule has 0 aromatic rings. The average Bonchev–Trinajstić information content (AvgIpc) is 2.18. The molecular formula is C11H17NO2S. The summed E-state index contributed by atoms with van der Waals surface area (Å²) in [7, 11) is 0. The van der Waals surface area contributed by atoms with Crippen LogP contribution in [0, 0.1) is 11.3 Å². The van der Waals surface area contributed by atoms with E-state index in [1.54, 1.807) is 0 Å². The highest BCUT2D eigenvalue weighted by atomic mass is 32.2. The highest BCUT2D eigenvalue weighted by Gasteiger charge is 2.50. The van der Waals surface area contributed by atoms with Crippen molar-refractivity contribution in [3.05, 3.63) is 0 Å². The minimum atomic E-state index is -0.0903. The molecule has 3 nitrogen and oxygen atoms in total. The van der Waals surface area contributed by atoms with Gasteiger partial charge >= 0.3 is 0 Å². The average molecular weight is 227 g/mol. The van der Waals surface area contributed by atoms with Crippen LogP contribution in [0.1, 0.15) is 33.1 Å².